The Kier molecular flexibility index (Phi) is 6.58. The number of rotatable bonds is 5. The molecule has 5 heteroatoms. The lowest BCUT2D eigenvalue weighted by Crippen LogP contribution is -1.97. The van der Waals surface area contributed by atoms with Crippen LogP contribution in [0.15, 0.2) is 71.2 Å². The highest BCUT2D eigenvalue weighted by atomic mass is 79.9. The van der Waals surface area contributed by atoms with Crippen LogP contribution in [0.2, 0.25) is 10.0 Å². The van der Waals surface area contributed by atoms with Gasteiger partial charge in [-0.05, 0) is 51.8 Å². The maximum atomic E-state index is 9.50. The molecule has 0 bridgehead atoms. The molecule has 0 radical (unpaired) electrons. The minimum Gasteiger partial charge on any atom is -0.488 e. The van der Waals surface area contributed by atoms with Crippen LogP contribution in [0.5, 0.6) is 5.75 Å². The molecule has 3 rings (SSSR count). The maximum absolute atomic E-state index is 9.50. The standard InChI is InChI=1S/C22H14BrCl2NO/c23-19-12-15(11-17(13-26)18-6-2-4-8-21(18)25)9-10-22(19)27-14-16-5-1-3-7-20(16)24/h1-12H,14H2. The van der Waals surface area contributed by atoms with Gasteiger partial charge in [0.05, 0.1) is 16.1 Å². The number of ether oxygens (including phenoxy) is 1. The van der Waals surface area contributed by atoms with Crippen molar-refractivity contribution < 1.29 is 4.74 Å². The average Bonchev–Trinajstić information content (AvgIpc) is 2.67. The van der Waals surface area contributed by atoms with E-state index in [9.17, 15) is 5.26 Å². The second-order valence-electron chi connectivity index (χ2n) is 5.72. The molecule has 0 heterocycles. The summed E-state index contributed by atoms with van der Waals surface area (Å²) in [5, 5.41) is 10.7. The van der Waals surface area contributed by atoms with E-state index in [0.29, 0.717) is 33.5 Å². The predicted octanol–water partition coefficient (Wildman–Crippen LogP) is 7.40. The van der Waals surface area contributed by atoms with Crippen molar-refractivity contribution in [3.05, 3.63) is 97.9 Å². The van der Waals surface area contributed by atoms with Crippen LogP contribution in [0.25, 0.3) is 11.6 Å². The molecule has 27 heavy (non-hydrogen) atoms. The summed E-state index contributed by atoms with van der Waals surface area (Å²) in [6, 6.07) is 22.7. The molecular weight excluding hydrogens is 445 g/mol. The first-order chi connectivity index (χ1) is 13.1. The van der Waals surface area contributed by atoms with Crippen molar-refractivity contribution in [1.82, 2.24) is 0 Å². The fraction of sp³-hybridized carbons (Fsp3) is 0.0455. The number of hydrogen-bond donors (Lipinski definition) is 0. The predicted molar refractivity (Wildman–Crippen MR) is 115 cm³/mol. The summed E-state index contributed by atoms with van der Waals surface area (Å²) in [6.07, 6.45) is 1.80. The Morgan fingerprint density at radius 2 is 1.70 bits per heavy atom. The Bertz CT molecular complexity index is 1040. The monoisotopic (exact) mass is 457 g/mol. The number of nitriles is 1. The molecule has 2 nitrogen and oxygen atoms in total. The van der Waals surface area contributed by atoms with Gasteiger partial charge in [0.25, 0.3) is 0 Å². The van der Waals surface area contributed by atoms with Gasteiger partial charge in [-0.3, -0.25) is 0 Å². The van der Waals surface area contributed by atoms with Crippen molar-refractivity contribution in [3.63, 3.8) is 0 Å². The molecule has 0 aliphatic rings. The third-order valence-electron chi connectivity index (χ3n) is 3.89. The first kappa shape index (κ1) is 19.5. The van der Waals surface area contributed by atoms with Gasteiger partial charge in [-0.2, -0.15) is 5.26 Å². The Labute approximate surface area is 176 Å². The number of hydrogen-bond acceptors (Lipinski definition) is 2. The van der Waals surface area contributed by atoms with Gasteiger partial charge in [0.2, 0.25) is 0 Å². The molecule has 0 aliphatic heterocycles. The van der Waals surface area contributed by atoms with Crippen molar-refractivity contribution in [1.29, 1.82) is 5.26 Å². The summed E-state index contributed by atoms with van der Waals surface area (Å²) in [5.74, 6) is 0.698. The Balaban J connectivity index is 1.81. The van der Waals surface area contributed by atoms with Crippen molar-refractivity contribution >= 4 is 50.8 Å². The first-order valence-corrected chi connectivity index (χ1v) is 9.66. The van der Waals surface area contributed by atoms with E-state index in [1.807, 2.05) is 60.7 Å². The Morgan fingerprint density at radius 3 is 2.37 bits per heavy atom. The first-order valence-electron chi connectivity index (χ1n) is 8.11. The zero-order valence-corrected chi connectivity index (χ0v) is 17.2. The average molecular weight is 459 g/mol. The van der Waals surface area contributed by atoms with E-state index < -0.39 is 0 Å². The molecule has 0 aliphatic carbocycles. The van der Waals surface area contributed by atoms with Crippen LogP contribution >= 0.6 is 39.1 Å². The number of halogens is 3. The molecule has 0 unspecified atom stereocenters. The lowest BCUT2D eigenvalue weighted by atomic mass is 10.0. The Hall–Kier alpha value is -2.25. The highest BCUT2D eigenvalue weighted by Crippen LogP contribution is 2.30. The normalized spacial score (nSPS) is 11.1. The van der Waals surface area contributed by atoms with E-state index in [4.69, 9.17) is 27.9 Å². The van der Waals surface area contributed by atoms with E-state index in [1.165, 1.54) is 0 Å². The lowest BCUT2D eigenvalue weighted by Gasteiger charge is -2.10. The molecule has 0 fully saturated rings. The van der Waals surface area contributed by atoms with E-state index >= 15 is 0 Å². The summed E-state index contributed by atoms with van der Waals surface area (Å²) >= 11 is 15.9. The molecule has 0 amide bonds. The van der Waals surface area contributed by atoms with Gasteiger partial charge in [-0.25, -0.2) is 0 Å². The van der Waals surface area contributed by atoms with Gasteiger partial charge < -0.3 is 4.74 Å². The van der Waals surface area contributed by atoms with E-state index in [2.05, 4.69) is 22.0 Å². The molecule has 134 valence electrons. The highest BCUT2D eigenvalue weighted by Gasteiger charge is 2.08. The van der Waals surface area contributed by atoms with Gasteiger partial charge >= 0.3 is 0 Å². The van der Waals surface area contributed by atoms with Gasteiger partial charge in [0.15, 0.2) is 0 Å². The van der Waals surface area contributed by atoms with Gasteiger partial charge in [0, 0.05) is 21.2 Å². The molecule has 0 atom stereocenters. The van der Waals surface area contributed by atoms with Gasteiger partial charge in [0.1, 0.15) is 12.4 Å². The van der Waals surface area contributed by atoms with Crippen LogP contribution in [0.1, 0.15) is 16.7 Å². The van der Waals surface area contributed by atoms with E-state index in [1.54, 1.807) is 12.1 Å². The summed E-state index contributed by atoms with van der Waals surface area (Å²) in [4.78, 5) is 0. The fourth-order valence-corrected chi connectivity index (χ4v) is 3.45. The largest absolute Gasteiger partial charge is 0.488 e. The zero-order valence-electron chi connectivity index (χ0n) is 14.1. The van der Waals surface area contributed by atoms with Crippen molar-refractivity contribution in [2.24, 2.45) is 0 Å². The van der Waals surface area contributed by atoms with Crippen LogP contribution in [-0.2, 0) is 6.61 Å². The minimum atomic E-state index is 0.372. The highest BCUT2D eigenvalue weighted by molar-refractivity contribution is 9.10. The van der Waals surface area contributed by atoms with E-state index in [-0.39, 0.29) is 0 Å². The third-order valence-corrected chi connectivity index (χ3v) is 5.21. The Morgan fingerprint density at radius 1 is 1.00 bits per heavy atom. The van der Waals surface area contributed by atoms with Gasteiger partial charge in [-0.15, -0.1) is 0 Å². The second-order valence-corrected chi connectivity index (χ2v) is 7.39. The third kappa shape index (κ3) is 4.93. The number of nitrogens with zero attached hydrogens (tertiary/aromatic N) is 1. The molecule has 0 N–H and O–H groups in total. The molecular formula is C22H14BrCl2NO. The minimum absolute atomic E-state index is 0.372. The topological polar surface area (TPSA) is 33.0 Å². The summed E-state index contributed by atoms with van der Waals surface area (Å²) < 4.78 is 6.65. The molecule has 0 spiro atoms. The summed E-state index contributed by atoms with van der Waals surface area (Å²) in [6.45, 7) is 0.372. The van der Waals surface area contributed by atoms with Crippen molar-refractivity contribution in [3.8, 4) is 11.8 Å². The van der Waals surface area contributed by atoms with Crippen LogP contribution < -0.4 is 4.74 Å². The van der Waals surface area contributed by atoms with Crippen LogP contribution in [-0.4, -0.2) is 0 Å². The smallest absolute Gasteiger partial charge is 0.134 e. The number of allylic oxidation sites excluding steroid dienone is 1. The van der Waals surface area contributed by atoms with Crippen LogP contribution in [0.3, 0.4) is 0 Å². The van der Waals surface area contributed by atoms with Crippen LogP contribution in [0, 0.1) is 11.3 Å². The second kappa shape index (κ2) is 9.10. The SMILES string of the molecule is N#CC(=Cc1ccc(OCc2ccccc2Cl)c(Br)c1)c1ccccc1Cl. The van der Waals surface area contributed by atoms with Crippen molar-refractivity contribution in [2.45, 2.75) is 6.61 Å². The molecule has 3 aromatic rings. The summed E-state index contributed by atoms with van der Waals surface area (Å²) in [5.41, 5.74) is 2.98. The lowest BCUT2D eigenvalue weighted by molar-refractivity contribution is 0.304. The fourth-order valence-electron chi connectivity index (χ4n) is 2.51. The zero-order chi connectivity index (χ0) is 19.2. The van der Waals surface area contributed by atoms with E-state index in [0.717, 1.165) is 15.6 Å². The summed E-state index contributed by atoms with van der Waals surface area (Å²) in [7, 11) is 0. The molecule has 0 saturated carbocycles. The molecule has 0 aromatic heterocycles. The quantitative estimate of drug-likeness (QED) is 0.294. The number of benzene rings is 3. The van der Waals surface area contributed by atoms with Gasteiger partial charge in [-0.1, -0.05) is 65.7 Å². The van der Waals surface area contributed by atoms with Crippen LogP contribution in [0.4, 0.5) is 0 Å². The van der Waals surface area contributed by atoms with Crippen molar-refractivity contribution in [2.75, 3.05) is 0 Å². The molecule has 0 saturated heterocycles. The maximum Gasteiger partial charge on any atom is 0.134 e. The molecule has 3 aromatic carbocycles.